The SMILES string of the molecule is CCC1CN(C(=NC)NCCC(=O)NC2CCCC2)CCS1. The molecule has 0 bridgehead atoms. The highest BCUT2D eigenvalue weighted by molar-refractivity contribution is 8.00. The van der Waals surface area contributed by atoms with Gasteiger partial charge in [0.25, 0.3) is 0 Å². The maximum absolute atomic E-state index is 11.9. The van der Waals surface area contributed by atoms with E-state index in [9.17, 15) is 4.79 Å². The molecule has 1 heterocycles. The fourth-order valence-corrected chi connectivity index (χ4v) is 4.33. The molecular weight excluding hydrogens is 296 g/mol. The first-order valence-corrected chi connectivity index (χ1v) is 9.64. The van der Waals surface area contributed by atoms with Gasteiger partial charge in [0.1, 0.15) is 0 Å². The van der Waals surface area contributed by atoms with Crippen molar-refractivity contribution in [3.05, 3.63) is 0 Å². The van der Waals surface area contributed by atoms with Gasteiger partial charge in [0, 0.05) is 50.1 Å². The third-order valence-electron chi connectivity index (χ3n) is 4.46. The predicted octanol–water partition coefficient (Wildman–Crippen LogP) is 1.84. The lowest BCUT2D eigenvalue weighted by atomic mass is 10.2. The topological polar surface area (TPSA) is 56.7 Å². The van der Waals surface area contributed by atoms with Crippen LogP contribution in [0.1, 0.15) is 45.4 Å². The lowest BCUT2D eigenvalue weighted by molar-refractivity contribution is -0.121. The van der Waals surface area contributed by atoms with Crippen LogP contribution < -0.4 is 10.6 Å². The Morgan fingerprint density at radius 1 is 1.36 bits per heavy atom. The molecule has 1 unspecified atom stereocenters. The van der Waals surface area contributed by atoms with Gasteiger partial charge in [0.15, 0.2) is 5.96 Å². The van der Waals surface area contributed by atoms with Crippen LogP contribution in [0.4, 0.5) is 0 Å². The molecule has 1 amide bonds. The second-order valence-electron chi connectivity index (χ2n) is 6.12. The number of rotatable bonds is 5. The molecule has 2 fully saturated rings. The molecule has 0 spiro atoms. The standard InChI is InChI=1S/C16H30N4OS/c1-3-14-12-20(10-11-22-14)16(17-2)18-9-8-15(21)19-13-6-4-5-7-13/h13-14H,3-12H2,1-2H3,(H,17,18)(H,19,21). The number of nitrogens with zero attached hydrogens (tertiary/aromatic N) is 2. The van der Waals surface area contributed by atoms with E-state index in [0.29, 0.717) is 24.3 Å². The summed E-state index contributed by atoms with van der Waals surface area (Å²) in [6.45, 7) is 4.99. The summed E-state index contributed by atoms with van der Waals surface area (Å²) in [4.78, 5) is 18.6. The molecule has 1 aliphatic carbocycles. The van der Waals surface area contributed by atoms with E-state index in [2.05, 4.69) is 39.2 Å². The van der Waals surface area contributed by atoms with Crippen molar-refractivity contribution in [3.63, 3.8) is 0 Å². The number of guanidine groups is 1. The van der Waals surface area contributed by atoms with Crippen LogP contribution in [0, 0.1) is 0 Å². The second kappa shape index (κ2) is 9.28. The van der Waals surface area contributed by atoms with E-state index in [-0.39, 0.29) is 5.91 Å². The summed E-state index contributed by atoms with van der Waals surface area (Å²) in [6, 6.07) is 0.413. The lowest BCUT2D eigenvalue weighted by Crippen LogP contribution is -2.48. The fourth-order valence-electron chi connectivity index (χ4n) is 3.15. The Morgan fingerprint density at radius 3 is 2.82 bits per heavy atom. The van der Waals surface area contributed by atoms with Crippen LogP contribution in [0.5, 0.6) is 0 Å². The number of aliphatic imine (C=N–C) groups is 1. The van der Waals surface area contributed by atoms with E-state index in [1.807, 2.05) is 7.05 Å². The number of carbonyl (C=O) groups is 1. The zero-order chi connectivity index (χ0) is 15.8. The Bertz CT molecular complexity index is 382. The molecule has 1 saturated carbocycles. The van der Waals surface area contributed by atoms with Gasteiger partial charge in [-0.3, -0.25) is 9.79 Å². The summed E-state index contributed by atoms with van der Waals surface area (Å²) in [6.07, 6.45) is 6.51. The predicted molar refractivity (Wildman–Crippen MR) is 94.5 cm³/mol. The van der Waals surface area contributed by atoms with Crippen LogP contribution in [0.2, 0.25) is 0 Å². The first-order chi connectivity index (χ1) is 10.7. The van der Waals surface area contributed by atoms with E-state index in [4.69, 9.17) is 0 Å². The highest BCUT2D eigenvalue weighted by atomic mass is 32.2. The van der Waals surface area contributed by atoms with Gasteiger partial charge < -0.3 is 15.5 Å². The quantitative estimate of drug-likeness (QED) is 0.598. The molecule has 2 rings (SSSR count). The minimum Gasteiger partial charge on any atom is -0.356 e. The van der Waals surface area contributed by atoms with Crippen molar-refractivity contribution in [1.29, 1.82) is 0 Å². The molecule has 5 nitrogen and oxygen atoms in total. The van der Waals surface area contributed by atoms with Crippen molar-refractivity contribution in [2.75, 3.05) is 32.4 Å². The van der Waals surface area contributed by atoms with E-state index in [1.54, 1.807) is 0 Å². The first-order valence-electron chi connectivity index (χ1n) is 8.59. The first kappa shape index (κ1) is 17.4. The van der Waals surface area contributed by atoms with Crippen molar-refractivity contribution in [3.8, 4) is 0 Å². The molecule has 1 aliphatic heterocycles. The molecule has 22 heavy (non-hydrogen) atoms. The molecule has 0 aromatic heterocycles. The van der Waals surface area contributed by atoms with Crippen molar-refractivity contribution in [1.82, 2.24) is 15.5 Å². The summed E-state index contributed by atoms with van der Waals surface area (Å²) in [5, 5.41) is 7.17. The number of amides is 1. The largest absolute Gasteiger partial charge is 0.356 e. The number of hydrogen-bond acceptors (Lipinski definition) is 3. The van der Waals surface area contributed by atoms with Crippen LogP contribution >= 0.6 is 11.8 Å². The minimum atomic E-state index is 0.162. The number of hydrogen-bond donors (Lipinski definition) is 2. The highest BCUT2D eigenvalue weighted by Crippen LogP contribution is 2.21. The molecule has 0 aromatic rings. The molecule has 1 saturated heterocycles. The fraction of sp³-hybridized carbons (Fsp3) is 0.875. The molecule has 0 radical (unpaired) electrons. The Kier molecular flexibility index (Phi) is 7.36. The van der Waals surface area contributed by atoms with E-state index >= 15 is 0 Å². The van der Waals surface area contributed by atoms with E-state index in [0.717, 1.165) is 37.6 Å². The van der Waals surface area contributed by atoms with Gasteiger partial charge in [0.05, 0.1) is 0 Å². The van der Waals surface area contributed by atoms with Crippen LogP contribution in [0.25, 0.3) is 0 Å². The molecule has 1 atom stereocenters. The molecule has 2 aliphatic rings. The smallest absolute Gasteiger partial charge is 0.221 e. The van der Waals surface area contributed by atoms with Gasteiger partial charge >= 0.3 is 0 Å². The van der Waals surface area contributed by atoms with Crippen LogP contribution in [0.15, 0.2) is 4.99 Å². The lowest BCUT2D eigenvalue weighted by Gasteiger charge is -2.34. The Labute approximate surface area is 138 Å². The second-order valence-corrected chi connectivity index (χ2v) is 7.53. The monoisotopic (exact) mass is 326 g/mol. The van der Waals surface area contributed by atoms with Gasteiger partial charge in [-0.25, -0.2) is 0 Å². The minimum absolute atomic E-state index is 0.162. The Hall–Kier alpha value is -0.910. The summed E-state index contributed by atoms with van der Waals surface area (Å²) >= 11 is 2.05. The Balaban J connectivity index is 1.68. The molecule has 6 heteroatoms. The normalized spacial score (nSPS) is 23.6. The van der Waals surface area contributed by atoms with Crippen molar-refractivity contribution in [2.24, 2.45) is 4.99 Å². The van der Waals surface area contributed by atoms with Gasteiger partial charge in [-0.05, 0) is 19.3 Å². The summed E-state index contributed by atoms with van der Waals surface area (Å²) in [5.41, 5.74) is 0. The summed E-state index contributed by atoms with van der Waals surface area (Å²) < 4.78 is 0. The molecule has 126 valence electrons. The number of carbonyl (C=O) groups excluding carboxylic acids is 1. The molecule has 0 aromatic carbocycles. The average Bonchev–Trinajstić information content (AvgIpc) is 3.04. The van der Waals surface area contributed by atoms with Crippen LogP contribution in [-0.4, -0.2) is 60.5 Å². The maximum Gasteiger partial charge on any atom is 0.221 e. The Morgan fingerprint density at radius 2 is 2.14 bits per heavy atom. The number of thioether (sulfide) groups is 1. The van der Waals surface area contributed by atoms with Gasteiger partial charge in [0.2, 0.25) is 5.91 Å². The van der Waals surface area contributed by atoms with Crippen molar-refractivity contribution < 1.29 is 4.79 Å². The molecule has 2 N–H and O–H groups in total. The highest BCUT2D eigenvalue weighted by Gasteiger charge is 2.21. The third-order valence-corrected chi connectivity index (χ3v) is 5.83. The van der Waals surface area contributed by atoms with E-state index < -0.39 is 0 Å². The van der Waals surface area contributed by atoms with Gasteiger partial charge in [-0.2, -0.15) is 11.8 Å². The third kappa shape index (κ3) is 5.38. The van der Waals surface area contributed by atoms with Crippen molar-refractivity contribution in [2.45, 2.75) is 56.7 Å². The van der Waals surface area contributed by atoms with Crippen LogP contribution in [-0.2, 0) is 4.79 Å². The van der Waals surface area contributed by atoms with Crippen LogP contribution in [0.3, 0.4) is 0 Å². The zero-order valence-electron chi connectivity index (χ0n) is 13.9. The summed E-state index contributed by atoms with van der Waals surface area (Å²) in [7, 11) is 1.82. The zero-order valence-corrected chi connectivity index (χ0v) is 14.8. The van der Waals surface area contributed by atoms with Gasteiger partial charge in [-0.1, -0.05) is 19.8 Å². The average molecular weight is 327 g/mol. The van der Waals surface area contributed by atoms with Gasteiger partial charge in [-0.15, -0.1) is 0 Å². The maximum atomic E-state index is 11.9. The molecular formula is C16H30N4OS. The van der Waals surface area contributed by atoms with E-state index in [1.165, 1.54) is 19.3 Å². The summed E-state index contributed by atoms with van der Waals surface area (Å²) in [5.74, 6) is 2.25. The number of nitrogens with one attached hydrogen (secondary N) is 2. The van der Waals surface area contributed by atoms with Crippen molar-refractivity contribution >= 4 is 23.6 Å².